The Hall–Kier alpha value is -1.37. The molecule has 1 nitrogen and oxygen atoms in total. The molecule has 0 spiro atoms. The average Bonchev–Trinajstić information content (AvgIpc) is 2.62. The van der Waals surface area contributed by atoms with Crippen LogP contribution in [0.25, 0.3) is 0 Å². The maximum absolute atomic E-state index is 6.40. The first-order chi connectivity index (χ1) is 11.2. The molecule has 0 bridgehead atoms. The summed E-state index contributed by atoms with van der Waals surface area (Å²) in [4.78, 5) is 0. The van der Waals surface area contributed by atoms with Gasteiger partial charge < -0.3 is 4.12 Å². The molecule has 5 heteroatoms. The third-order valence-electron chi connectivity index (χ3n) is 3.81. The van der Waals surface area contributed by atoms with E-state index < -0.39 is 16.0 Å². The minimum Gasteiger partial charge on any atom is -0.425 e. The lowest BCUT2D eigenvalue weighted by Crippen LogP contribution is -2.70. The second-order valence-corrected chi connectivity index (χ2v) is 12.8. The van der Waals surface area contributed by atoms with Gasteiger partial charge in [0.05, 0.1) is 0 Å². The Labute approximate surface area is 148 Å². The summed E-state index contributed by atoms with van der Waals surface area (Å²) in [5, 5.41) is 3.45. The minimum absolute atomic E-state index is 1.15. The molecule has 3 aromatic rings. The van der Waals surface area contributed by atoms with Gasteiger partial charge in [-0.1, -0.05) is 91.0 Å². The van der Waals surface area contributed by atoms with Crippen molar-refractivity contribution in [3.8, 4) is 0 Å². The van der Waals surface area contributed by atoms with Gasteiger partial charge in [0.1, 0.15) is 0 Å². The summed E-state index contributed by atoms with van der Waals surface area (Å²) in [7, 11) is -4.99. The van der Waals surface area contributed by atoms with Crippen LogP contribution in [0.2, 0.25) is 0 Å². The Morgan fingerprint density at radius 2 is 0.870 bits per heavy atom. The van der Waals surface area contributed by atoms with Crippen LogP contribution in [-0.2, 0) is 4.12 Å². The van der Waals surface area contributed by atoms with Crippen LogP contribution in [0.1, 0.15) is 0 Å². The van der Waals surface area contributed by atoms with Gasteiger partial charge in [0.25, 0.3) is 8.32 Å². The average molecular weight is 375 g/mol. The lowest BCUT2D eigenvalue weighted by atomic mass is 10.3. The van der Waals surface area contributed by atoms with Crippen LogP contribution in [0, 0.1) is 0 Å². The van der Waals surface area contributed by atoms with Gasteiger partial charge >= 0.3 is 7.66 Å². The summed E-state index contributed by atoms with van der Waals surface area (Å²) in [6, 6.07) is 30.9. The Morgan fingerprint density at radius 3 is 1.13 bits per heavy atom. The summed E-state index contributed by atoms with van der Waals surface area (Å²) in [5.41, 5.74) is 0. The molecule has 23 heavy (non-hydrogen) atoms. The van der Waals surface area contributed by atoms with Crippen LogP contribution in [-0.4, -0.2) is 16.0 Å². The molecule has 0 unspecified atom stereocenters. The Morgan fingerprint density at radius 1 is 0.565 bits per heavy atom. The van der Waals surface area contributed by atoms with Gasteiger partial charge in [0.15, 0.2) is 0 Å². The van der Waals surface area contributed by atoms with Crippen LogP contribution < -0.4 is 15.6 Å². The van der Waals surface area contributed by atoms with E-state index in [1.165, 1.54) is 0 Å². The smallest absolute Gasteiger partial charge is 0.363 e. The van der Waals surface area contributed by atoms with E-state index in [1.807, 2.05) is 54.6 Å². The third-order valence-corrected chi connectivity index (χ3v) is 11.0. The fourth-order valence-electron chi connectivity index (χ4n) is 2.86. The Bertz CT molecular complexity index is 640. The zero-order chi connectivity index (χ0) is 16.1. The van der Waals surface area contributed by atoms with Crippen molar-refractivity contribution in [3.63, 3.8) is 0 Å². The molecule has 0 aromatic heterocycles. The summed E-state index contributed by atoms with van der Waals surface area (Å²) in [5.74, 6) is 0. The molecule has 116 valence electrons. The summed E-state index contributed by atoms with van der Waals surface area (Å²) in [6.45, 7) is 0. The van der Waals surface area contributed by atoms with E-state index in [4.69, 9.17) is 26.3 Å². The maximum atomic E-state index is 6.40. The summed E-state index contributed by atoms with van der Waals surface area (Å²) in [6.07, 6.45) is 0. The lowest BCUT2D eigenvalue weighted by molar-refractivity contribution is 0.629. The van der Waals surface area contributed by atoms with Gasteiger partial charge in [-0.3, -0.25) is 0 Å². The van der Waals surface area contributed by atoms with Crippen LogP contribution in [0.3, 0.4) is 0 Å². The van der Waals surface area contributed by atoms with Crippen LogP contribution in [0.5, 0.6) is 0 Å². The van der Waals surface area contributed by atoms with Gasteiger partial charge in [-0.25, -0.2) is 0 Å². The van der Waals surface area contributed by atoms with Crippen molar-refractivity contribution in [1.82, 2.24) is 0 Å². The molecule has 0 fully saturated rings. The van der Waals surface area contributed by atoms with E-state index in [1.54, 1.807) is 0 Å². The highest BCUT2D eigenvalue weighted by Crippen LogP contribution is 2.14. The zero-order valence-electron chi connectivity index (χ0n) is 12.4. The topological polar surface area (TPSA) is 9.23 Å². The first-order valence-corrected chi connectivity index (χ1v) is 13.2. The summed E-state index contributed by atoms with van der Waals surface area (Å²) < 4.78 is 6.40. The Kier molecular flexibility index (Phi) is 5.35. The fourth-order valence-corrected chi connectivity index (χ4v) is 10.9. The predicted molar refractivity (Wildman–Crippen MR) is 104 cm³/mol. The van der Waals surface area contributed by atoms with Crippen molar-refractivity contribution in [2.75, 3.05) is 0 Å². The van der Waals surface area contributed by atoms with Crippen molar-refractivity contribution >= 4 is 53.7 Å². The molecule has 0 saturated heterocycles. The SMILES string of the molecule is Cl[SiH](Cl)O[Si](c1ccccc1)(c1ccccc1)c1ccccc1. The second kappa shape index (κ2) is 7.47. The molecule has 3 aromatic carbocycles. The van der Waals surface area contributed by atoms with Crippen molar-refractivity contribution in [2.24, 2.45) is 0 Å². The minimum atomic E-state index is -2.69. The van der Waals surface area contributed by atoms with E-state index in [0.29, 0.717) is 0 Å². The zero-order valence-corrected chi connectivity index (χ0v) is 16.1. The first kappa shape index (κ1) is 16.5. The molecule has 0 radical (unpaired) electrons. The highest BCUT2D eigenvalue weighted by Gasteiger charge is 2.43. The quantitative estimate of drug-likeness (QED) is 0.379. The largest absolute Gasteiger partial charge is 0.425 e. The molecule has 0 aliphatic carbocycles. The van der Waals surface area contributed by atoms with Gasteiger partial charge in [-0.2, -0.15) is 0 Å². The van der Waals surface area contributed by atoms with Crippen LogP contribution >= 0.6 is 22.2 Å². The van der Waals surface area contributed by atoms with Gasteiger partial charge in [-0.15, -0.1) is 22.2 Å². The highest BCUT2D eigenvalue weighted by atomic mass is 35.7. The number of benzene rings is 3. The van der Waals surface area contributed by atoms with Gasteiger partial charge in [-0.05, 0) is 15.6 Å². The number of hydrogen-bond donors (Lipinski definition) is 0. The molecular weight excluding hydrogens is 359 g/mol. The number of rotatable bonds is 5. The molecule has 0 heterocycles. The Balaban J connectivity index is 2.30. The van der Waals surface area contributed by atoms with E-state index in [9.17, 15) is 0 Å². The predicted octanol–water partition coefficient (Wildman–Crippen LogP) is 2.86. The van der Waals surface area contributed by atoms with Crippen molar-refractivity contribution in [2.45, 2.75) is 0 Å². The highest BCUT2D eigenvalue weighted by molar-refractivity contribution is 7.33. The maximum Gasteiger partial charge on any atom is 0.363 e. The normalized spacial score (nSPS) is 11.6. The molecule has 0 atom stereocenters. The molecule has 0 amide bonds. The molecule has 0 N–H and O–H groups in total. The van der Waals surface area contributed by atoms with E-state index in [2.05, 4.69) is 36.4 Å². The molecular formula is C18H16Cl2OSi2. The van der Waals surface area contributed by atoms with Crippen LogP contribution in [0.4, 0.5) is 0 Å². The van der Waals surface area contributed by atoms with Crippen molar-refractivity contribution < 1.29 is 4.12 Å². The van der Waals surface area contributed by atoms with Crippen molar-refractivity contribution in [1.29, 1.82) is 0 Å². The van der Waals surface area contributed by atoms with E-state index >= 15 is 0 Å². The number of halogens is 2. The van der Waals surface area contributed by atoms with Crippen LogP contribution in [0.15, 0.2) is 91.0 Å². The number of hydrogen-bond acceptors (Lipinski definition) is 1. The first-order valence-electron chi connectivity index (χ1n) is 7.36. The van der Waals surface area contributed by atoms with E-state index in [-0.39, 0.29) is 0 Å². The monoisotopic (exact) mass is 374 g/mol. The third kappa shape index (κ3) is 3.44. The molecule has 3 rings (SSSR count). The van der Waals surface area contributed by atoms with Gasteiger partial charge in [0.2, 0.25) is 0 Å². The molecule has 0 aliphatic heterocycles. The standard InChI is InChI=1S/C18H16Cl2OSi2/c19-22(20)21-23(16-10-4-1-5-11-16,17-12-6-2-7-13-17)18-14-8-3-9-15-18/h1-15,22H. The molecule has 0 aliphatic rings. The lowest BCUT2D eigenvalue weighted by Gasteiger charge is -2.33. The second-order valence-electron chi connectivity index (χ2n) is 5.16. The van der Waals surface area contributed by atoms with Crippen molar-refractivity contribution in [3.05, 3.63) is 91.0 Å². The molecule has 0 saturated carbocycles. The fraction of sp³-hybridized carbons (Fsp3) is 0. The summed E-state index contributed by atoms with van der Waals surface area (Å²) >= 11 is 12.5. The van der Waals surface area contributed by atoms with E-state index in [0.717, 1.165) is 15.6 Å². The van der Waals surface area contributed by atoms with Gasteiger partial charge in [0, 0.05) is 0 Å².